The predicted molar refractivity (Wildman–Crippen MR) is 127 cm³/mol. The fourth-order valence-electron chi connectivity index (χ4n) is 2.90. The topological polar surface area (TPSA) is 65.1 Å². The molecule has 31 heavy (non-hydrogen) atoms. The molecule has 1 aliphatic rings. The van der Waals surface area contributed by atoms with Crippen LogP contribution in [-0.4, -0.2) is 36.5 Å². The Kier molecular flexibility index (Phi) is 7.35. The highest BCUT2D eigenvalue weighted by Crippen LogP contribution is 2.37. The highest BCUT2D eigenvalue weighted by atomic mass is 32.2. The van der Waals surface area contributed by atoms with Crippen molar-refractivity contribution in [3.05, 3.63) is 58.0 Å². The predicted octanol–water partition coefficient (Wildman–Crippen LogP) is 4.66. The summed E-state index contributed by atoms with van der Waals surface area (Å²) in [5, 5.41) is 0. The molecule has 162 valence electrons. The second-order valence-electron chi connectivity index (χ2n) is 6.79. The van der Waals surface area contributed by atoms with Gasteiger partial charge in [-0.2, -0.15) is 0 Å². The van der Waals surface area contributed by atoms with E-state index in [0.717, 1.165) is 22.4 Å². The maximum Gasteiger partial charge on any atom is 0.343 e. The van der Waals surface area contributed by atoms with Crippen molar-refractivity contribution in [1.29, 1.82) is 0 Å². The number of rotatable bonds is 7. The lowest BCUT2D eigenvalue weighted by Crippen LogP contribution is -2.27. The first-order valence-corrected chi connectivity index (χ1v) is 10.9. The van der Waals surface area contributed by atoms with Crippen LogP contribution in [0.1, 0.15) is 23.6 Å². The summed E-state index contributed by atoms with van der Waals surface area (Å²) < 4.78 is 16.2. The number of carbonyl (C=O) groups excluding carboxylic acids is 2. The van der Waals surface area contributed by atoms with E-state index in [2.05, 4.69) is 4.74 Å². The van der Waals surface area contributed by atoms with Gasteiger partial charge in [0.25, 0.3) is 5.91 Å². The molecule has 0 aliphatic carbocycles. The highest BCUT2D eigenvalue weighted by molar-refractivity contribution is 8.27. The number of aryl methyl sites for hydroxylation is 2. The number of amides is 1. The average Bonchev–Trinajstić information content (AvgIpc) is 3.02. The third kappa shape index (κ3) is 5.26. The number of nitrogens with zero attached hydrogens (tertiary/aromatic N) is 1. The molecule has 0 radical (unpaired) electrons. The van der Waals surface area contributed by atoms with Crippen LogP contribution in [0.25, 0.3) is 6.08 Å². The van der Waals surface area contributed by atoms with E-state index in [9.17, 15) is 9.59 Å². The molecule has 6 nitrogen and oxygen atoms in total. The van der Waals surface area contributed by atoms with Gasteiger partial charge in [-0.15, -0.1) is 0 Å². The molecule has 1 heterocycles. The summed E-state index contributed by atoms with van der Waals surface area (Å²) in [4.78, 5) is 26.5. The minimum Gasteiger partial charge on any atom is -0.490 e. The van der Waals surface area contributed by atoms with Crippen molar-refractivity contribution in [3.8, 4) is 11.5 Å². The first kappa shape index (κ1) is 22.8. The molecule has 0 atom stereocenters. The third-order valence-corrected chi connectivity index (χ3v) is 5.98. The molecular formula is C23H23NO5S2. The van der Waals surface area contributed by atoms with Crippen molar-refractivity contribution in [2.75, 3.05) is 25.2 Å². The van der Waals surface area contributed by atoms with E-state index in [-0.39, 0.29) is 12.5 Å². The lowest BCUT2D eigenvalue weighted by Gasteiger charge is -2.16. The number of hydrogen-bond donors (Lipinski definition) is 0. The van der Waals surface area contributed by atoms with Gasteiger partial charge in [0.05, 0.1) is 24.3 Å². The van der Waals surface area contributed by atoms with Crippen LogP contribution in [0.3, 0.4) is 0 Å². The van der Waals surface area contributed by atoms with Gasteiger partial charge in [0.1, 0.15) is 0 Å². The normalized spacial score (nSPS) is 14.8. The lowest BCUT2D eigenvalue weighted by molar-refractivity contribution is -0.142. The van der Waals surface area contributed by atoms with Gasteiger partial charge in [-0.3, -0.25) is 9.69 Å². The van der Waals surface area contributed by atoms with E-state index >= 15 is 0 Å². The van der Waals surface area contributed by atoms with Crippen molar-refractivity contribution >= 4 is 51.9 Å². The standard InChI is InChI=1S/C23H23NO5S2/c1-5-28-19-11-16(7-9-18(19)29-13-21(25)27-4)12-20-22(26)24(23(30)31-20)17-8-6-14(2)15(3)10-17/h6-12H,5,13H2,1-4H3/b20-12+. The molecule has 0 spiro atoms. The fourth-order valence-corrected chi connectivity index (χ4v) is 4.20. The molecule has 8 heteroatoms. The Morgan fingerprint density at radius 1 is 1.10 bits per heavy atom. The largest absolute Gasteiger partial charge is 0.490 e. The summed E-state index contributed by atoms with van der Waals surface area (Å²) in [5.74, 6) is 0.251. The molecule has 1 aliphatic heterocycles. The fraction of sp³-hybridized carbons (Fsp3) is 0.261. The summed E-state index contributed by atoms with van der Waals surface area (Å²) >= 11 is 6.72. The van der Waals surface area contributed by atoms with Crippen molar-refractivity contribution in [2.45, 2.75) is 20.8 Å². The first-order valence-electron chi connectivity index (χ1n) is 9.65. The maximum atomic E-state index is 13.0. The van der Waals surface area contributed by atoms with Gasteiger partial charge in [-0.25, -0.2) is 4.79 Å². The van der Waals surface area contributed by atoms with Crippen LogP contribution in [0.2, 0.25) is 0 Å². The summed E-state index contributed by atoms with van der Waals surface area (Å²) in [5.41, 5.74) is 3.77. The van der Waals surface area contributed by atoms with Crippen molar-refractivity contribution in [2.24, 2.45) is 0 Å². The molecule has 0 unspecified atom stereocenters. The quantitative estimate of drug-likeness (QED) is 0.340. The van der Waals surface area contributed by atoms with Crippen molar-refractivity contribution in [3.63, 3.8) is 0 Å². The zero-order chi connectivity index (χ0) is 22.5. The van der Waals surface area contributed by atoms with Gasteiger partial charge in [-0.1, -0.05) is 36.1 Å². The maximum absolute atomic E-state index is 13.0. The van der Waals surface area contributed by atoms with E-state index in [1.807, 2.05) is 39.0 Å². The van der Waals surface area contributed by atoms with Gasteiger partial charge < -0.3 is 14.2 Å². The zero-order valence-electron chi connectivity index (χ0n) is 17.8. The number of ether oxygens (including phenoxy) is 3. The van der Waals surface area contributed by atoms with E-state index in [0.29, 0.717) is 27.3 Å². The Labute approximate surface area is 191 Å². The van der Waals surface area contributed by atoms with Gasteiger partial charge in [0.2, 0.25) is 0 Å². The molecule has 3 rings (SSSR count). The van der Waals surface area contributed by atoms with Crippen molar-refractivity contribution in [1.82, 2.24) is 0 Å². The molecular weight excluding hydrogens is 434 g/mol. The summed E-state index contributed by atoms with van der Waals surface area (Å²) in [7, 11) is 1.30. The number of thioether (sulfide) groups is 1. The number of carbonyl (C=O) groups is 2. The number of benzene rings is 2. The first-order chi connectivity index (χ1) is 14.8. The monoisotopic (exact) mass is 457 g/mol. The number of hydrogen-bond acceptors (Lipinski definition) is 7. The SMILES string of the molecule is CCOc1cc(/C=C2/SC(=S)N(c3ccc(C)c(C)c3)C2=O)ccc1OCC(=O)OC. The van der Waals surface area contributed by atoms with Crippen molar-refractivity contribution < 1.29 is 23.8 Å². The van der Waals surface area contributed by atoms with Gasteiger partial charge >= 0.3 is 5.97 Å². The van der Waals surface area contributed by atoms with Crippen LogP contribution in [0.15, 0.2) is 41.3 Å². The molecule has 2 aromatic carbocycles. The molecule has 1 amide bonds. The summed E-state index contributed by atoms with van der Waals surface area (Å²) in [6.07, 6.45) is 1.77. The molecule has 0 saturated carbocycles. The Hall–Kier alpha value is -2.84. The minimum atomic E-state index is -0.485. The minimum absolute atomic E-state index is 0.165. The summed E-state index contributed by atoms with van der Waals surface area (Å²) in [6.45, 7) is 6.09. The molecule has 0 aromatic heterocycles. The Bertz CT molecular complexity index is 1060. The number of anilines is 1. The van der Waals surface area contributed by atoms with E-state index in [4.69, 9.17) is 21.7 Å². The zero-order valence-corrected chi connectivity index (χ0v) is 19.4. The Morgan fingerprint density at radius 2 is 1.87 bits per heavy atom. The van der Waals surface area contributed by atoms with Crippen LogP contribution in [0.5, 0.6) is 11.5 Å². The number of thiocarbonyl (C=S) groups is 1. The molecule has 2 aromatic rings. The molecule has 0 N–H and O–H groups in total. The van der Waals surface area contributed by atoms with Crippen LogP contribution in [0, 0.1) is 13.8 Å². The Balaban J connectivity index is 1.86. The Morgan fingerprint density at radius 3 is 2.55 bits per heavy atom. The van der Waals surface area contributed by atoms with Crippen LogP contribution >= 0.6 is 24.0 Å². The summed E-state index contributed by atoms with van der Waals surface area (Å²) in [6, 6.07) is 11.1. The second-order valence-corrected chi connectivity index (χ2v) is 8.47. The van der Waals surface area contributed by atoms with Gasteiger partial charge in [0.15, 0.2) is 22.4 Å². The van der Waals surface area contributed by atoms with Gasteiger partial charge in [0, 0.05) is 0 Å². The molecule has 1 fully saturated rings. The van der Waals surface area contributed by atoms with Crippen LogP contribution < -0.4 is 14.4 Å². The third-order valence-electron chi connectivity index (χ3n) is 4.68. The smallest absolute Gasteiger partial charge is 0.343 e. The molecule has 0 bridgehead atoms. The van der Waals surface area contributed by atoms with Gasteiger partial charge in [-0.05, 0) is 67.8 Å². The number of esters is 1. The second kappa shape index (κ2) is 9.98. The van der Waals surface area contributed by atoms with Crippen LogP contribution in [-0.2, 0) is 14.3 Å². The highest BCUT2D eigenvalue weighted by Gasteiger charge is 2.33. The molecule has 1 saturated heterocycles. The van der Waals surface area contributed by atoms with E-state index in [1.54, 1.807) is 29.2 Å². The lowest BCUT2D eigenvalue weighted by atomic mass is 10.1. The van der Waals surface area contributed by atoms with E-state index in [1.165, 1.54) is 18.9 Å². The number of methoxy groups -OCH3 is 1. The van der Waals surface area contributed by atoms with E-state index < -0.39 is 5.97 Å². The van der Waals surface area contributed by atoms with Crippen LogP contribution in [0.4, 0.5) is 5.69 Å². The average molecular weight is 458 g/mol.